The predicted molar refractivity (Wildman–Crippen MR) is 176 cm³/mol. The number of ether oxygens (including phenoxy) is 1. The summed E-state index contributed by atoms with van der Waals surface area (Å²) in [7, 11) is 0. The van der Waals surface area contributed by atoms with Gasteiger partial charge in [-0.05, 0) is 55.2 Å². The van der Waals surface area contributed by atoms with Gasteiger partial charge in [-0.15, -0.1) is 0 Å². The summed E-state index contributed by atoms with van der Waals surface area (Å²) >= 11 is 0. The number of aryl methyl sites for hydroxylation is 1. The molecule has 0 aliphatic heterocycles. The van der Waals surface area contributed by atoms with Crippen LogP contribution in [-0.4, -0.2) is 46.9 Å². The van der Waals surface area contributed by atoms with Crippen molar-refractivity contribution in [1.29, 1.82) is 0 Å². The Hall–Kier alpha value is -4.91. The molecule has 7 heteroatoms. The zero-order chi connectivity index (χ0) is 31.6. The maximum Gasteiger partial charge on any atom is 0.326 e. The van der Waals surface area contributed by atoms with Crippen molar-refractivity contribution in [1.82, 2.24) is 4.90 Å². The molecule has 4 aromatic rings. The van der Waals surface area contributed by atoms with E-state index in [4.69, 9.17) is 4.74 Å². The molecule has 1 aliphatic rings. The number of carboxylic acid groups (broad SMARTS) is 1. The molecule has 7 nitrogen and oxygen atoms in total. The number of hydrogen-bond acceptors (Lipinski definition) is 5. The van der Waals surface area contributed by atoms with E-state index in [0.29, 0.717) is 42.3 Å². The van der Waals surface area contributed by atoms with Gasteiger partial charge in [0.05, 0.1) is 6.54 Å². The largest absolute Gasteiger partial charge is 0.492 e. The average molecular weight is 605 g/mol. The van der Waals surface area contributed by atoms with Gasteiger partial charge in [0.15, 0.2) is 5.78 Å². The van der Waals surface area contributed by atoms with Gasteiger partial charge in [-0.2, -0.15) is 0 Å². The Morgan fingerprint density at radius 2 is 1.58 bits per heavy atom. The van der Waals surface area contributed by atoms with Crippen LogP contribution in [0.4, 0.5) is 5.69 Å². The standard InChI is InChI=1S/C38H40N2O5/c1-27-10-9-11-29(24-27)26-40(37(42)31-14-5-6-15-31)22-23-45-32-20-18-28(19-21-32)25-35(38(43)44)39-34-17-8-7-16-33(34)36(41)30-12-3-2-4-13-30/h2-4,7-13,16-21,24,31,35,39H,5-6,14-15,22-23,25-26H2,1H3,(H,43,44). The summed E-state index contributed by atoms with van der Waals surface area (Å²) in [6, 6.07) is 30.6. The SMILES string of the molecule is Cc1cccc(CN(CCOc2ccc(CC(Nc3ccccc3C(=O)c3ccccc3)C(=O)O)cc2)C(=O)C2CCCC2)c1. The number of nitrogens with one attached hydrogen (secondary N) is 1. The number of benzene rings is 4. The molecular weight excluding hydrogens is 564 g/mol. The molecule has 45 heavy (non-hydrogen) atoms. The van der Waals surface area contributed by atoms with Gasteiger partial charge in [0.2, 0.25) is 5.91 Å². The Morgan fingerprint density at radius 3 is 2.29 bits per heavy atom. The number of rotatable bonds is 14. The molecule has 0 heterocycles. The Labute approximate surface area is 264 Å². The highest BCUT2D eigenvalue weighted by Crippen LogP contribution is 2.27. The highest BCUT2D eigenvalue weighted by Gasteiger charge is 2.27. The van der Waals surface area contributed by atoms with Gasteiger partial charge in [-0.3, -0.25) is 9.59 Å². The maximum atomic E-state index is 13.3. The van der Waals surface area contributed by atoms with Crippen molar-refractivity contribution >= 4 is 23.3 Å². The molecule has 5 rings (SSSR count). The van der Waals surface area contributed by atoms with E-state index < -0.39 is 12.0 Å². The molecule has 1 fully saturated rings. The van der Waals surface area contributed by atoms with Crippen LogP contribution < -0.4 is 10.1 Å². The highest BCUT2D eigenvalue weighted by molar-refractivity contribution is 6.12. The third kappa shape index (κ3) is 8.60. The third-order valence-corrected chi connectivity index (χ3v) is 8.30. The molecule has 0 aromatic heterocycles. The van der Waals surface area contributed by atoms with Gasteiger partial charge in [0.25, 0.3) is 0 Å². The second-order valence-corrected chi connectivity index (χ2v) is 11.7. The van der Waals surface area contributed by atoms with E-state index in [9.17, 15) is 19.5 Å². The van der Waals surface area contributed by atoms with Crippen LogP contribution in [-0.2, 0) is 22.6 Å². The summed E-state index contributed by atoms with van der Waals surface area (Å²) in [4.78, 5) is 40.6. The van der Waals surface area contributed by atoms with Crippen LogP contribution in [0.2, 0.25) is 0 Å². The lowest BCUT2D eigenvalue weighted by atomic mass is 10.00. The summed E-state index contributed by atoms with van der Waals surface area (Å²) in [5.41, 5.74) is 4.52. The smallest absolute Gasteiger partial charge is 0.326 e. The number of nitrogens with zero attached hydrogens (tertiary/aromatic N) is 1. The molecule has 1 saturated carbocycles. The summed E-state index contributed by atoms with van der Waals surface area (Å²) in [6.07, 6.45) is 4.32. The second kappa shape index (κ2) is 15.2. The van der Waals surface area contributed by atoms with E-state index in [1.807, 2.05) is 41.3 Å². The van der Waals surface area contributed by atoms with Gasteiger partial charge < -0.3 is 20.1 Å². The molecule has 0 radical (unpaired) electrons. The van der Waals surface area contributed by atoms with Crippen molar-refractivity contribution in [2.24, 2.45) is 5.92 Å². The summed E-state index contributed by atoms with van der Waals surface area (Å²) < 4.78 is 6.03. The zero-order valence-electron chi connectivity index (χ0n) is 25.7. The van der Waals surface area contributed by atoms with Crippen molar-refractivity contribution in [3.63, 3.8) is 0 Å². The lowest BCUT2D eigenvalue weighted by Gasteiger charge is -2.26. The van der Waals surface area contributed by atoms with Gasteiger partial charge in [-0.1, -0.05) is 97.3 Å². The number of carbonyl (C=O) groups excluding carboxylic acids is 2. The number of para-hydroxylation sites is 1. The van der Waals surface area contributed by atoms with E-state index >= 15 is 0 Å². The number of hydrogen-bond donors (Lipinski definition) is 2. The first-order chi connectivity index (χ1) is 21.9. The van der Waals surface area contributed by atoms with Crippen LogP contribution in [0.3, 0.4) is 0 Å². The van der Waals surface area contributed by atoms with Gasteiger partial charge in [0, 0.05) is 35.7 Å². The fraction of sp³-hybridized carbons (Fsp3) is 0.289. The first-order valence-corrected chi connectivity index (χ1v) is 15.6. The quantitative estimate of drug-likeness (QED) is 0.152. The monoisotopic (exact) mass is 604 g/mol. The van der Waals surface area contributed by atoms with Gasteiger partial charge in [-0.25, -0.2) is 4.79 Å². The molecule has 1 aliphatic carbocycles. The molecule has 4 aromatic carbocycles. The fourth-order valence-electron chi connectivity index (χ4n) is 5.90. The number of carbonyl (C=O) groups is 3. The van der Waals surface area contributed by atoms with Crippen LogP contribution >= 0.6 is 0 Å². The minimum atomic E-state index is -1.02. The van der Waals surface area contributed by atoms with Crippen LogP contribution in [0.15, 0.2) is 103 Å². The average Bonchev–Trinajstić information content (AvgIpc) is 3.60. The normalized spacial score (nSPS) is 13.6. The number of ketones is 1. The summed E-state index contributed by atoms with van der Waals surface area (Å²) in [5.74, 6) is -0.244. The molecule has 2 N–H and O–H groups in total. The Balaban J connectivity index is 1.20. The van der Waals surface area contributed by atoms with Crippen molar-refractivity contribution in [3.05, 3.63) is 131 Å². The van der Waals surface area contributed by atoms with E-state index in [1.165, 1.54) is 5.56 Å². The number of anilines is 1. The first-order valence-electron chi connectivity index (χ1n) is 15.6. The minimum absolute atomic E-state index is 0.0910. The summed E-state index contributed by atoms with van der Waals surface area (Å²) in [6.45, 7) is 3.45. The van der Waals surface area contributed by atoms with Crippen LogP contribution in [0.25, 0.3) is 0 Å². The zero-order valence-corrected chi connectivity index (χ0v) is 25.7. The maximum absolute atomic E-state index is 13.3. The fourth-order valence-corrected chi connectivity index (χ4v) is 5.90. The molecule has 1 unspecified atom stereocenters. The second-order valence-electron chi connectivity index (χ2n) is 11.7. The van der Waals surface area contributed by atoms with Crippen LogP contribution in [0, 0.1) is 12.8 Å². The van der Waals surface area contributed by atoms with E-state index in [-0.39, 0.29) is 24.0 Å². The Bertz CT molecular complexity index is 1600. The predicted octanol–water partition coefficient (Wildman–Crippen LogP) is 6.93. The molecular formula is C38H40N2O5. The molecule has 1 atom stereocenters. The third-order valence-electron chi connectivity index (χ3n) is 8.30. The molecule has 0 bridgehead atoms. The molecule has 0 spiro atoms. The number of aliphatic carboxylic acids is 1. The number of amides is 1. The van der Waals surface area contributed by atoms with E-state index in [0.717, 1.165) is 36.8 Å². The first kappa shape index (κ1) is 31.5. The molecule has 1 amide bonds. The Morgan fingerprint density at radius 1 is 0.867 bits per heavy atom. The van der Waals surface area contributed by atoms with Gasteiger partial charge >= 0.3 is 5.97 Å². The lowest BCUT2D eigenvalue weighted by Crippen LogP contribution is -2.37. The lowest BCUT2D eigenvalue weighted by molar-refractivity contribution is -0.138. The van der Waals surface area contributed by atoms with Crippen molar-refractivity contribution in [2.75, 3.05) is 18.5 Å². The van der Waals surface area contributed by atoms with Crippen molar-refractivity contribution in [2.45, 2.75) is 51.6 Å². The summed E-state index contributed by atoms with van der Waals surface area (Å²) in [5, 5.41) is 13.1. The van der Waals surface area contributed by atoms with E-state index in [1.54, 1.807) is 48.5 Å². The van der Waals surface area contributed by atoms with Crippen molar-refractivity contribution in [3.8, 4) is 5.75 Å². The van der Waals surface area contributed by atoms with Crippen LogP contribution in [0.1, 0.15) is 58.3 Å². The Kier molecular flexibility index (Phi) is 10.6. The minimum Gasteiger partial charge on any atom is -0.492 e. The van der Waals surface area contributed by atoms with Gasteiger partial charge in [0.1, 0.15) is 18.4 Å². The number of carboxylic acids is 1. The van der Waals surface area contributed by atoms with Crippen molar-refractivity contribution < 1.29 is 24.2 Å². The highest BCUT2D eigenvalue weighted by atomic mass is 16.5. The van der Waals surface area contributed by atoms with E-state index in [2.05, 4.69) is 30.4 Å². The molecule has 0 saturated heterocycles. The van der Waals surface area contributed by atoms with Crippen LogP contribution in [0.5, 0.6) is 5.75 Å². The topological polar surface area (TPSA) is 95.9 Å². The molecule has 232 valence electrons.